The van der Waals surface area contributed by atoms with Gasteiger partial charge in [0.2, 0.25) is 11.8 Å². The van der Waals surface area contributed by atoms with Crippen LogP contribution >= 0.6 is 0 Å². The molecule has 6 atom stereocenters. The molecule has 3 aromatic carbocycles. The van der Waals surface area contributed by atoms with Crippen molar-refractivity contribution in [1.29, 1.82) is 0 Å². The molecule has 2 aliphatic rings. The monoisotopic (exact) mass is 742 g/mol. The van der Waals surface area contributed by atoms with Gasteiger partial charge < -0.3 is 30.9 Å². The molecule has 12 nitrogen and oxygen atoms in total. The van der Waals surface area contributed by atoms with E-state index in [1.165, 1.54) is 32.6 Å². The maximum absolute atomic E-state index is 13.6. The number of carbonyl (C=O) groups excluding carboxylic acids is 5. The number of amides is 3. The topological polar surface area (TPSA) is 174 Å². The highest BCUT2D eigenvalue weighted by molar-refractivity contribution is 5.95. The Morgan fingerprint density at radius 1 is 0.704 bits per heavy atom. The molecule has 0 saturated carbocycles. The van der Waals surface area contributed by atoms with Crippen LogP contribution in [0.15, 0.2) is 91.0 Å². The smallest absolute Gasteiger partial charge is 0.411 e. The van der Waals surface area contributed by atoms with Gasteiger partial charge in [-0.1, -0.05) is 91.0 Å². The Balaban J connectivity index is 0.000000258. The van der Waals surface area contributed by atoms with Crippen LogP contribution in [0.25, 0.3) is 0 Å². The summed E-state index contributed by atoms with van der Waals surface area (Å²) < 4.78 is 5.55. The van der Waals surface area contributed by atoms with E-state index < -0.39 is 47.4 Å². The molecule has 2 heterocycles. The van der Waals surface area contributed by atoms with Gasteiger partial charge in [0.05, 0.1) is 12.2 Å². The maximum atomic E-state index is 13.6. The number of hydrogen-bond acceptors (Lipinski definition) is 9. The number of benzene rings is 3. The van der Waals surface area contributed by atoms with Gasteiger partial charge >= 0.3 is 6.09 Å². The number of likely N-dealkylation sites (tertiary alicyclic amines) is 1. The van der Waals surface area contributed by atoms with Crippen LogP contribution in [0.3, 0.4) is 0 Å². The predicted octanol–water partition coefficient (Wildman–Crippen LogP) is 3.66. The first-order valence-corrected chi connectivity index (χ1v) is 18.6. The minimum Gasteiger partial charge on any atom is -0.445 e. The molecule has 290 valence electrons. The molecule has 0 bridgehead atoms. The SMILES string of the molecule is CC(=O)[C@@H](NC(=O)[C@@]1(Cc2ccccc2)CCCN1)[C@@H](C)O.CC(=O)[C@@H](NC(=O)[C@@]1(Cc2ccccc2)CCCN1C(=O)OCc1ccccc1)[C@@H](C)O. The van der Waals surface area contributed by atoms with E-state index in [1.807, 2.05) is 91.0 Å². The maximum Gasteiger partial charge on any atom is 0.411 e. The van der Waals surface area contributed by atoms with Gasteiger partial charge in [-0.2, -0.15) is 0 Å². The van der Waals surface area contributed by atoms with Gasteiger partial charge in [0.1, 0.15) is 29.8 Å². The van der Waals surface area contributed by atoms with Gasteiger partial charge in [-0.25, -0.2) is 4.79 Å². The number of aliphatic hydroxyl groups is 2. The van der Waals surface area contributed by atoms with Crippen molar-refractivity contribution in [2.75, 3.05) is 13.1 Å². The number of rotatable bonds is 14. The fraction of sp³-hybridized carbons (Fsp3) is 0.452. The number of hydrogen-bond donors (Lipinski definition) is 5. The third kappa shape index (κ3) is 10.8. The lowest BCUT2D eigenvalue weighted by Crippen LogP contribution is -2.62. The number of nitrogens with zero attached hydrogens (tertiary/aromatic N) is 1. The lowest BCUT2D eigenvalue weighted by atomic mass is 9.86. The first-order valence-electron chi connectivity index (χ1n) is 18.6. The molecular formula is C42H54N4O8. The molecule has 0 unspecified atom stereocenters. The summed E-state index contributed by atoms with van der Waals surface area (Å²) in [4.78, 5) is 64.5. The fourth-order valence-corrected chi connectivity index (χ4v) is 7.23. The van der Waals surface area contributed by atoms with Gasteiger partial charge in [0.25, 0.3) is 0 Å². The molecule has 12 heteroatoms. The second-order valence-electron chi connectivity index (χ2n) is 14.4. The number of nitrogens with one attached hydrogen (secondary N) is 3. The molecular weight excluding hydrogens is 688 g/mol. The minimum atomic E-state index is -1.21. The molecule has 2 saturated heterocycles. The van der Waals surface area contributed by atoms with Crippen molar-refractivity contribution in [3.05, 3.63) is 108 Å². The normalized spacial score (nSPS) is 21.4. The van der Waals surface area contributed by atoms with Crippen LogP contribution in [0, 0.1) is 0 Å². The van der Waals surface area contributed by atoms with Crippen LogP contribution in [0.5, 0.6) is 0 Å². The molecule has 5 rings (SSSR count). The molecule has 54 heavy (non-hydrogen) atoms. The number of ether oxygens (including phenoxy) is 1. The lowest BCUT2D eigenvalue weighted by molar-refractivity contribution is -0.136. The number of ketones is 2. The van der Waals surface area contributed by atoms with Crippen LogP contribution in [-0.4, -0.2) is 93.0 Å². The largest absolute Gasteiger partial charge is 0.445 e. The Hall–Kier alpha value is -4.91. The fourth-order valence-electron chi connectivity index (χ4n) is 7.23. The zero-order chi connectivity index (χ0) is 39.3. The van der Waals surface area contributed by atoms with Crippen LogP contribution < -0.4 is 16.0 Å². The van der Waals surface area contributed by atoms with E-state index in [0.29, 0.717) is 25.8 Å². The third-order valence-electron chi connectivity index (χ3n) is 10.1. The second-order valence-corrected chi connectivity index (χ2v) is 14.4. The Bertz CT molecular complexity index is 1700. The highest BCUT2D eigenvalue weighted by atomic mass is 16.6. The van der Waals surface area contributed by atoms with Gasteiger partial charge in [0, 0.05) is 13.0 Å². The summed E-state index contributed by atoms with van der Waals surface area (Å²) in [6.07, 6.45) is 1.01. The van der Waals surface area contributed by atoms with Crippen molar-refractivity contribution in [1.82, 2.24) is 20.9 Å². The summed E-state index contributed by atoms with van der Waals surface area (Å²) in [7, 11) is 0. The van der Waals surface area contributed by atoms with Gasteiger partial charge in [-0.15, -0.1) is 0 Å². The third-order valence-corrected chi connectivity index (χ3v) is 10.1. The van der Waals surface area contributed by atoms with Crippen LogP contribution in [0.1, 0.15) is 70.1 Å². The van der Waals surface area contributed by atoms with E-state index in [0.717, 1.165) is 36.1 Å². The Labute approximate surface area is 317 Å². The molecule has 5 N–H and O–H groups in total. The highest BCUT2D eigenvalue weighted by Crippen LogP contribution is 2.34. The van der Waals surface area contributed by atoms with Crippen molar-refractivity contribution in [2.24, 2.45) is 0 Å². The molecule has 0 spiro atoms. The Morgan fingerprint density at radius 3 is 1.65 bits per heavy atom. The summed E-state index contributed by atoms with van der Waals surface area (Å²) >= 11 is 0. The van der Waals surface area contributed by atoms with Crippen molar-refractivity contribution in [2.45, 2.75) is 108 Å². The van der Waals surface area contributed by atoms with Crippen molar-refractivity contribution in [3.8, 4) is 0 Å². The summed E-state index contributed by atoms with van der Waals surface area (Å²) in [6.45, 7) is 6.91. The van der Waals surface area contributed by atoms with Crippen molar-refractivity contribution >= 4 is 29.5 Å². The van der Waals surface area contributed by atoms with E-state index in [1.54, 1.807) is 0 Å². The highest BCUT2D eigenvalue weighted by Gasteiger charge is 2.51. The summed E-state index contributed by atoms with van der Waals surface area (Å²) in [5.41, 5.74) is 0.899. The van der Waals surface area contributed by atoms with Gasteiger partial charge in [-0.3, -0.25) is 24.1 Å². The first-order chi connectivity index (χ1) is 25.8. The van der Waals surface area contributed by atoms with Crippen molar-refractivity contribution < 1.29 is 38.9 Å². The van der Waals surface area contributed by atoms with Crippen LogP contribution in [0.4, 0.5) is 4.79 Å². The Morgan fingerprint density at radius 2 is 1.19 bits per heavy atom. The van der Waals surface area contributed by atoms with E-state index in [4.69, 9.17) is 4.74 Å². The average molecular weight is 743 g/mol. The number of Topliss-reactive ketones (excluding diaryl/α,β-unsaturated/α-hetero) is 2. The van der Waals surface area contributed by atoms with Crippen LogP contribution in [0.2, 0.25) is 0 Å². The predicted molar refractivity (Wildman–Crippen MR) is 204 cm³/mol. The summed E-state index contributed by atoms with van der Waals surface area (Å²) in [5.74, 6) is -1.26. The molecule has 0 aromatic heterocycles. The Kier molecular flexibility index (Phi) is 15.1. The number of carbonyl (C=O) groups is 5. The molecule has 3 aromatic rings. The molecule has 2 fully saturated rings. The van der Waals surface area contributed by atoms with E-state index in [2.05, 4.69) is 16.0 Å². The summed E-state index contributed by atoms with van der Waals surface area (Å²) in [5, 5.41) is 28.4. The first kappa shape index (κ1) is 41.8. The zero-order valence-electron chi connectivity index (χ0n) is 31.6. The zero-order valence-corrected chi connectivity index (χ0v) is 31.6. The summed E-state index contributed by atoms with van der Waals surface area (Å²) in [6, 6.07) is 26.7. The van der Waals surface area contributed by atoms with Gasteiger partial charge in [-0.05, 0) is 83.0 Å². The minimum absolute atomic E-state index is 0.100. The lowest BCUT2D eigenvalue weighted by Gasteiger charge is -2.38. The van der Waals surface area contributed by atoms with Crippen LogP contribution in [-0.2, 0) is 43.4 Å². The average Bonchev–Trinajstić information content (AvgIpc) is 3.81. The van der Waals surface area contributed by atoms with E-state index in [9.17, 15) is 34.2 Å². The molecule has 2 aliphatic heterocycles. The van der Waals surface area contributed by atoms with Gasteiger partial charge in [0.15, 0.2) is 11.6 Å². The number of aliphatic hydroxyl groups excluding tert-OH is 2. The van der Waals surface area contributed by atoms with E-state index >= 15 is 0 Å². The van der Waals surface area contributed by atoms with Crippen molar-refractivity contribution in [3.63, 3.8) is 0 Å². The standard InChI is InChI=1S/C25H30N2O5.C17H24N2O3/c1-18(28)22(19(2)29)26-23(30)25(16-20-10-5-3-6-11-20)14-9-15-27(25)24(31)32-17-21-12-7-4-8-13-21;1-12(20)15(13(2)21)19-16(22)17(9-6-10-18-17)11-14-7-4-3-5-8-14/h3-8,10-13,18,22,28H,9,14-17H2,1-2H3,(H,26,30);3-5,7-8,12,15,18,20H,6,9-11H2,1-2H3,(H,19,22)/t18-,22+,25+;12-,15+,17+/m11/s1. The molecule has 0 radical (unpaired) electrons. The van der Waals surface area contributed by atoms with E-state index in [-0.39, 0.29) is 30.5 Å². The quantitative estimate of drug-likeness (QED) is 0.165. The second kappa shape index (κ2) is 19.4. The molecule has 0 aliphatic carbocycles. The molecule has 3 amide bonds.